The topological polar surface area (TPSA) is 116 Å². The lowest BCUT2D eigenvalue weighted by Crippen LogP contribution is -2.02. The van der Waals surface area contributed by atoms with Crippen molar-refractivity contribution < 1.29 is 14.1 Å². The summed E-state index contributed by atoms with van der Waals surface area (Å²) in [5.41, 5.74) is 5.09. The van der Waals surface area contributed by atoms with Crippen molar-refractivity contribution >= 4 is 17.5 Å². The highest BCUT2D eigenvalue weighted by molar-refractivity contribution is 5.49. The summed E-state index contributed by atoms with van der Waals surface area (Å²) in [4.78, 5) is 17.8. The van der Waals surface area contributed by atoms with Crippen LogP contribution in [-0.4, -0.2) is 21.9 Å². The normalized spacial score (nSPS) is 10.1. The van der Waals surface area contributed by atoms with Crippen molar-refractivity contribution in [1.82, 2.24) is 9.97 Å². The molecule has 0 spiro atoms. The molecule has 0 aliphatic rings. The van der Waals surface area contributed by atoms with Crippen LogP contribution in [0.5, 0.6) is 11.6 Å². The van der Waals surface area contributed by atoms with Crippen molar-refractivity contribution in [3.8, 4) is 11.6 Å². The second kappa shape index (κ2) is 5.34. The smallest absolute Gasteiger partial charge is 0.311 e. The zero-order valence-corrected chi connectivity index (χ0v) is 10.3. The van der Waals surface area contributed by atoms with Crippen LogP contribution in [0, 0.1) is 15.9 Å². The highest BCUT2D eigenvalue weighted by Gasteiger charge is 2.17. The first-order chi connectivity index (χ1) is 9.49. The molecular formula is C11H10FN5O3. The van der Waals surface area contributed by atoms with Crippen LogP contribution < -0.4 is 15.8 Å². The Morgan fingerprint density at radius 1 is 1.40 bits per heavy atom. The van der Waals surface area contributed by atoms with Crippen molar-refractivity contribution in [2.75, 3.05) is 18.1 Å². The molecule has 0 radical (unpaired) electrons. The highest BCUT2D eigenvalue weighted by atomic mass is 19.1. The van der Waals surface area contributed by atoms with Gasteiger partial charge in [-0.05, 0) is 6.07 Å². The van der Waals surface area contributed by atoms with Crippen LogP contribution >= 0.6 is 0 Å². The lowest BCUT2D eigenvalue weighted by molar-refractivity contribution is -0.385. The molecule has 0 aliphatic heterocycles. The number of anilines is 2. The number of aromatic nitrogens is 2. The van der Waals surface area contributed by atoms with Crippen LogP contribution in [0.2, 0.25) is 0 Å². The maximum atomic E-state index is 13.2. The third-order valence-electron chi connectivity index (χ3n) is 2.31. The Hall–Kier alpha value is -2.97. The van der Waals surface area contributed by atoms with Gasteiger partial charge in [0.2, 0.25) is 17.6 Å². The molecule has 104 valence electrons. The van der Waals surface area contributed by atoms with Gasteiger partial charge in [-0.3, -0.25) is 10.1 Å². The molecule has 0 saturated heterocycles. The van der Waals surface area contributed by atoms with Crippen molar-refractivity contribution in [3.05, 3.63) is 40.2 Å². The summed E-state index contributed by atoms with van der Waals surface area (Å²) >= 11 is 0. The molecule has 0 fully saturated rings. The Balaban J connectivity index is 2.41. The average Bonchev–Trinajstić information content (AvgIpc) is 2.37. The van der Waals surface area contributed by atoms with Gasteiger partial charge in [-0.25, -0.2) is 4.39 Å². The molecular weight excluding hydrogens is 269 g/mol. The molecule has 0 unspecified atom stereocenters. The molecule has 2 rings (SSSR count). The summed E-state index contributed by atoms with van der Waals surface area (Å²) in [6.45, 7) is 0. The van der Waals surface area contributed by atoms with E-state index in [4.69, 9.17) is 10.5 Å². The molecule has 20 heavy (non-hydrogen) atoms. The Bertz CT molecular complexity index is 665. The number of nitro groups is 1. The summed E-state index contributed by atoms with van der Waals surface area (Å²) in [5, 5.41) is 13.6. The van der Waals surface area contributed by atoms with Gasteiger partial charge in [0, 0.05) is 25.2 Å². The third-order valence-corrected chi connectivity index (χ3v) is 2.31. The van der Waals surface area contributed by atoms with Gasteiger partial charge in [0.25, 0.3) is 0 Å². The first kappa shape index (κ1) is 13.5. The van der Waals surface area contributed by atoms with Crippen LogP contribution in [0.1, 0.15) is 0 Å². The van der Waals surface area contributed by atoms with Gasteiger partial charge >= 0.3 is 5.69 Å². The number of nitrogens with zero attached hydrogens (tertiary/aromatic N) is 3. The van der Waals surface area contributed by atoms with Gasteiger partial charge in [-0.2, -0.15) is 9.97 Å². The zero-order chi connectivity index (χ0) is 14.7. The van der Waals surface area contributed by atoms with Crippen LogP contribution in [0.3, 0.4) is 0 Å². The van der Waals surface area contributed by atoms with E-state index in [2.05, 4.69) is 15.3 Å². The molecule has 0 saturated carbocycles. The van der Waals surface area contributed by atoms with Gasteiger partial charge in [-0.1, -0.05) is 0 Å². The molecule has 8 nitrogen and oxygen atoms in total. The largest absolute Gasteiger partial charge is 0.431 e. The molecule has 9 heteroatoms. The van der Waals surface area contributed by atoms with Gasteiger partial charge in [0.15, 0.2) is 0 Å². The fourth-order valence-electron chi connectivity index (χ4n) is 1.46. The molecule has 1 heterocycles. The fraction of sp³-hybridized carbons (Fsp3) is 0.0909. The molecule has 2 aromatic rings. The second-order valence-electron chi connectivity index (χ2n) is 3.67. The standard InChI is InChI=1S/C11H10FN5O3/c1-14-9-5-10(16-11(13)15-9)20-8-4-6(12)2-3-7(8)17(18)19/h2-5H,1H3,(H3,13,14,15,16). The van der Waals surface area contributed by atoms with E-state index in [0.717, 1.165) is 18.2 Å². The number of ether oxygens (including phenoxy) is 1. The Kier molecular flexibility index (Phi) is 3.60. The first-order valence-electron chi connectivity index (χ1n) is 5.43. The summed E-state index contributed by atoms with van der Waals surface area (Å²) in [6.07, 6.45) is 0. The summed E-state index contributed by atoms with van der Waals surface area (Å²) < 4.78 is 18.4. The van der Waals surface area contributed by atoms with E-state index in [1.165, 1.54) is 6.07 Å². The van der Waals surface area contributed by atoms with Crippen molar-refractivity contribution in [3.63, 3.8) is 0 Å². The van der Waals surface area contributed by atoms with E-state index in [1.807, 2.05) is 0 Å². The number of nitrogens with two attached hydrogens (primary N) is 1. The monoisotopic (exact) mass is 279 g/mol. The minimum absolute atomic E-state index is 0.0319. The number of hydrogen-bond acceptors (Lipinski definition) is 7. The van der Waals surface area contributed by atoms with E-state index in [-0.39, 0.29) is 23.3 Å². The van der Waals surface area contributed by atoms with Crippen LogP contribution in [0.15, 0.2) is 24.3 Å². The molecule has 0 amide bonds. The molecule has 0 atom stereocenters. The number of halogens is 1. The van der Waals surface area contributed by atoms with Crippen LogP contribution in [0.25, 0.3) is 0 Å². The number of benzene rings is 1. The quantitative estimate of drug-likeness (QED) is 0.648. The second-order valence-corrected chi connectivity index (χ2v) is 3.67. The van der Waals surface area contributed by atoms with E-state index in [9.17, 15) is 14.5 Å². The number of nitrogen functional groups attached to an aromatic ring is 1. The summed E-state index contributed by atoms with van der Waals surface area (Å²) in [6, 6.07) is 4.26. The lowest BCUT2D eigenvalue weighted by Gasteiger charge is -2.07. The summed E-state index contributed by atoms with van der Waals surface area (Å²) in [5.74, 6) is -0.676. The molecule has 3 N–H and O–H groups in total. The van der Waals surface area contributed by atoms with Gasteiger partial charge in [0.05, 0.1) is 4.92 Å². The van der Waals surface area contributed by atoms with Crippen molar-refractivity contribution in [1.29, 1.82) is 0 Å². The molecule has 0 bridgehead atoms. The first-order valence-corrected chi connectivity index (χ1v) is 5.43. The minimum atomic E-state index is -0.682. The fourth-order valence-corrected chi connectivity index (χ4v) is 1.46. The van der Waals surface area contributed by atoms with Gasteiger partial charge < -0.3 is 15.8 Å². The molecule has 1 aromatic heterocycles. The summed E-state index contributed by atoms with van der Waals surface area (Å²) in [7, 11) is 1.61. The average molecular weight is 279 g/mol. The number of nitro benzene ring substituents is 1. The van der Waals surface area contributed by atoms with Gasteiger partial charge in [-0.15, -0.1) is 0 Å². The molecule has 1 aromatic carbocycles. The third kappa shape index (κ3) is 2.88. The van der Waals surface area contributed by atoms with E-state index < -0.39 is 10.7 Å². The Morgan fingerprint density at radius 2 is 2.15 bits per heavy atom. The van der Waals surface area contributed by atoms with E-state index in [1.54, 1.807) is 7.05 Å². The predicted octanol–water partition coefficient (Wildman–Crippen LogP) is 1.94. The number of nitrogens with one attached hydrogen (secondary N) is 1. The number of rotatable bonds is 4. The van der Waals surface area contributed by atoms with E-state index in [0.29, 0.717) is 5.82 Å². The maximum Gasteiger partial charge on any atom is 0.311 e. The zero-order valence-electron chi connectivity index (χ0n) is 10.3. The van der Waals surface area contributed by atoms with Crippen LogP contribution in [-0.2, 0) is 0 Å². The van der Waals surface area contributed by atoms with Crippen molar-refractivity contribution in [2.45, 2.75) is 0 Å². The molecule has 0 aliphatic carbocycles. The van der Waals surface area contributed by atoms with Crippen molar-refractivity contribution in [2.24, 2.45) is 0 Å². The predicted molar refractivity (Wildman–Crippen MR) is 69.1 cm³/mol. The Morgan fingerprint density at radius 3 is 2.80 bits per heavy atom. The minimum Gasteiger partial charge on any atom is -0.431 e. The Labute approximate surface area is 112 Å². The number of hydrogen-bond donors (Lipinski definition) is 2. The van der Waals surface area contributed by atoms with E-state index >= 15 is 0 Å². The lowest BCUT2D eigenvalue weighted by atomic mass is 10.3. The van der Waals surface area contributed by atoms with Crippen LogP contribution in [0.4, 0.5) is 21.8 Å². The maximum absolute atomic E-state index is 13.2. The SMILES string of the molecule is CNc1cc(Oc2cc(F)ccc2[N+](=O)[O-])nc(N)n1. The highest BCUT2D eigenvalue weighted by Crippen LogP contribution is 2.31. The van der Waals surface area contributed by atoms with Gasteiger partial charge in [0.1, 0.15) is 11.6 Å².